The maximum atomic E-state index is 5.93. The van der Waals surface area contributed by atoms with Gasteiger partial charge in [0.2, 0.25) is 0 Å². The third-order valence-electron chi connectivity index (χ3n) is 4.29. The zero-order valence-electron chi connectivity index (χ0n) is 18.1. The average molecular weight is 623 g/mol. The van der Waals surface area contributed by atoms with E-state index < -0.39 is 7.32 Å². The Morgan fingerprint density at radius 3 is 1.61 bits per heavy atom. The van der Waals surface area contributed by atoms with Gasteiger partial charge in [-0.15, -0.1) is 29.8 Å². The minimum atomic E-state index is -1.23. The van der Waals surface area contributed by atoms with E-state index in [1.807, 2.05) is 41.5 Å². The summed E-state index contributed by atoms with van der Waals surface area (Å²) in [5, 5.41) is 13.2. The standard InChI is InChI=1S/C18H24BBr3N6O3/c1-10(2)16-14(21)8-26(24-16)29-19(30-27-9-15(22)17(25-27)11(3)4)31-28-18(12(5)6)13(20)7-23-28/h7-12H,1-6H3. The van der Waals surface area contributed by atoms with E-state index in [0.717, 1.165) is 30.5 Å². The van der Waals surface area contributed by atoms with E-state index in [0.29, 0.717) is 0 Å². The molecule has 0 radical (unpaired) electrons. The van der Waals surface area contributed by atoms with E-state index in [1.165, 1.54) is 14.5 Å². The number of hydrogen-bond acceptors (Lipinski definition) is 6. The maximum absolute atomic E-state index is 5.93. The molecule has 13 heteroatoms. The lowest BCUT2D eigenvalue weighted by atomic mass is 10.1. The van der Waals surface area contributed by atoms with Gasteiger partial charge in [-0.1, -0.05) is 41.5 Å². The Labute approximate surface area is 206 Å². The van der Waals surface area contributed by atoms with E-state index in [2.05, 4.69) is 63.1 Å². The molecule has 0 aliphatic carbocycles. The smallest absolute Gasteiger partial charge is 0.380 e. The number of nitrogens with zero attached hydrogens (tertiary/aromatic N) is 6. The SMILES string of the molecule is CC(C)c1nn(OB(On2cc(Br)c(C(C)C)n2)On2ncc(Br)c2C(C)C)cc1Br. The Morgan fingerprint density at radius 2 is 1.23 bits per heavy atom. The van der Waals surface area contributed by atoms with Crippen molar-refractivity contribution in [3.63, 3.8) is 0 Å². The topological polar surface area (TPSA) is 81.1 Å². The number of rotatable bonds is 9. The maximum Gasteiger partial charge on any atom is 0.929 e. The summed E-state index contributed by atoms with van der Waals surface area (Å²) in [5.41, 5.74) is 2.55. The molecule has 0 spiro atoms. The number of aromatic nitrogens is 6. The van der Waals surface area contributed by atoms with Gasteiger partial charge >= 0.3 is 7.32 Å². The first-order valence-corrected chi connectivity index (χ1v) is 12.2. The van der Waals surface area contributed by atoms with Crippen molar-refractivity contribution in [3.05, 3.63) is 49.1 Å². The van der Waals surface area contributed by atoms with Crippen molar-refractivity contribution in [1.29, 1.82) is 0 Å². The molecular formula is C18H24BBr3N6O3. The molecule has 3 rings (SSSR count). The molecule has 31 heavy (non-hydrogen) atoms. The summed E-state index contributed by atoms with van der Waals surface area (Å²) in [6.07, 6.45) is 5.07. The van der Waals surface area contributed by atoms with Gasteiger partial charge in [0.1, 0.15) is 0 Å². The van der Waals surface area contributed by atoms with Gasteiger partial charge in [-0.2, -0.15) is 0 Å². The van der Waals surface area contributed by atoms with Crippen LogP contribution >= 0.6 is 47.8 Å². The normalized spacial score (nSPS) is 11.6. The Balaban J connectivity index is 1.90. The Morgan fingerprint density at radius 1 is 0.742 bits per heavy atom. The fourth-order valence-corrected chi connectivity index (χ4v) is 4.93. The van der Waals surface area contributed by atoms with Crippen LogP contribution < -0.4 is 14.3 Å². The first kappa shape index (κ1) is 24.2. The van der Waals surface area contributed by atoms with Crippen LogP contribution in [0.3, 0.4) is 0 Å². The molecule has 0 unspecified atom stereocenters. The zero-order chi connectivity index (χ0) is 22.9. The number of halogens is 3. The molecule has 9 nitrogen and oxygen atoms in total. The molecule has 0 amide bonds. The molecule has 0 saturated heterocycles. The van der Waals surface area contributed by atoms with Gasteiger partial charge in [-0.3, -0.25) is 0 Å². The second-order valence-corrected chi connectivity index (χ2v) is 10.4. The third kappa shape index (κ3) is 5.67. The second-order valence-electron chi connectivity index (χ2n) is 7.85. The van der Waals surface area contributed by atoms with Crippen molar-refractivity contribution < 1.29 is 14.3 Å². The molecule has 0 N–H and O–H groups in total. The van der Waals surface area contributed by atoms with Gasteiger partial charge in [0.05, 0.1) is 49.1 Å². The van der Waals surface area contributed by atoms with Gasteiger partial charge in [0, 0.05) is 0 Å². The molecule has 0 bridgehead atoms. The highest BCUT2D eigenvalue weighted by molar-refractivity contribution is 9.11. The summed E-state index contributed by atoms with van der Waals surface area (Å²) in [7, 11) is -1.23. The van der Waals surface area contributed by atoms with Gasteiger partial charge in [0.25, 0.3) is 0 Å². The monoisotopic (exact) mass is 620 g/mol. The van der Waals surface area contributed by atoms with Crippen LogP contribution in [0.15, 0.2) is 32.0 Å². The van der Waals surface area contributed by atoms with Crippen molar-refractivity contribution in [3.8, 4) is 0 Å². The summed E-state index contributed by atoms with van der Waals surface area (Å²) in [6.45, 7) is 12.3. The van der Waals surface area contributed by atoms with Crippen LogP contribution in [0.4, 0.5) is 0 Å². The van der Waals surface area contributed by atoms with Gasteiger partial charge < -0.3 is 14.3 Å². The molecule has 0 aromatic carbocycles. The predicted molar refractivity (Wildman–Crippen MR) is 128 cm³/mol. The predicted octanol–water partition coefficient (Wildman–Crippen LogP) is 4.60. The van der Waals surface area contributed by atoms with E-state index in [-0.39, 0.29) is 17.8 Å². The van der Waals surface area contributed by atoms with E-state index >= 15 is 0 Å². The first-order valence-electron chi connectivity index (χ1n) is 9.81. The van der Waals surface area contributed by atoms with Gasteiger partial charge in [0.15, 0.2) is 0 Å². The van der Waals surface area contributed by atoms with E-state index in [4.69, 9.17) is 14.3 Å². The van der Waals surface area contributed by atoms with Crippen LogP contribution in [0, 0.1) is 0 Å². The van der Waals surface area contributed by atoms with Crippen molar-refractivity contribution >= 4 is 55.1 Å². The first-order chi connectivity index (χ1) is 14.6. The Hall–Kier alpha value is -1.47. The van der Waals surface area contributed by atoms with E-state index in [9.17, 15) is 0 Å². The lowest BCUT2D eigenvalue weighted by molar-refractivity contribution is 0.0367. The van der Waals surface area contributed by atoms with Crippen LogP contribution in [-0.2, 0) is 0 Å². The molecule has 3 heterocycles. The van der Waals surface area contributed by atoms with Gasteiger partial charge in [-0.25, -0.2) is 0 Å². The minimum Gasteiger partial charge on any atom is -0.380 e. The molecule has 168 valence electrons. The highest BCUT2D eigenvalue weighted by atomic mass is 79.9. The van der Waals surface area contributed by atoms with Crippen LogP contribution in [-0.4, -0.2) is 37.2 Å². The highest BCUT2D eigenvalue weighted by Crippen LogP contribution is 2.25. The largest absolute Gasteiger partial charge is 0.929 e. The molecule has 3 aromatic rings. The number of hydrogen-bond donors (Lipinski definition) is 0. The van der Waals surface area contributed by atoms with Crippen LogP contribution in [0.25, 0.3) is 0 Å². The average Bonchev–Trinajstić information content (AvgIpc) is 3.32. The molecule has 0 atom stereocenters. The lowest BCUT2D eigenvalue weighted by Crippen LogP contribution is -2.49. The van der Waals surface area contributed by atoms with E-state index in [1.54, 1.807) is 18.6 Å². The molecule has 3 aromatic heterocycles. The summed E-state index contributed by atoms with van der Waals surface area (Å²) in [5.74, 6) is 0.574. The summed E-state index contributed by atoms with van der Waals surface area (Å²) < 4.78 is 20.2. The highest BCUT2D eigenvalue weighted by Gasteiger charge is 2.36. The molecule has 0 saturated carbocycles. The van der Waals surface area contributed by atoms with Crippen molar-refractivity contribution in [1.82, 2.24) is 29.8 Å². The zero-order valence-corrected chi connectivity index (χ0v) is 22.8. The quantitative estimate of drug-likeness (QED) is 0.325. The molecular weight excluding hydrogens is 599 g/mol. The Kier molecular flexibility index (Phi) is 7.79. The van der Waals surface area contributed by atoms with Crippen LogP contribution in [0.5, 0.6) is 0 Å². The third-order valence-corrected chi connectivity index (χ3v) is 6.12. The Bertz CT molecular complexity index is 979. The van der Waals surface area contributed by atoms with Crippen LogP contribution in [0.2, 0.25) is 0 Å². The molecule has 0 aliphatic heterocycles. The minimum absolute atomic E-state index is 0.148. The fourth-order valence-electron chi connectivity index (χ4n) is 2.80. The lowest BCUT2D eigenvalue weighted by Gasteiger charge is -2.16. The summed E-state index contributed by atoms with van der Waals surface area (Å²) >= 11 is 10.5. The second kappa shape index (κ2) is 9.99. The van der Waals surface area contributed by atoms with Crippen molar-refractivity contribution in [2.24, 2.45) is 0 Å². The summed E-state index contributed by atoms with van der Waals surface area (Å²) in [6, 6.07) is 0. The van der Waals surface area contributed by atoms with Crippen molar-refractivity contribution in [2.45, 2.75) is 59.3 Å². The molecule has 0 fully saturated rings. The summed E-state index contributed by atoms with van der Waals surface area (Å²) in [4.78, 5) is 3.99. The van der Waals surface area contributed by atoms with Crippen LogP contribution in [0.1, 0.15) is 76.4 Å². The molecule has 0 aliphatic rings. The van der Waals surface area contributed by atoms with Crippen molar-refractivity contribution in [2.75, 3.05) is 0 Å². The fraction of sp³-hybridized carbons (Fsp3) is 0.500. The van der Waals surface area contributed by atoms with Gasteiger partial charge in [-0.05, 0) is 65.5 Å².